The number of hydrogen-bond acceptors (Lipinski definition) is 4. The highest BCUT2D eigenvalue weighted by Crippen LogP contribution is 2.21. The summed E-state index contributed by atoms with van der Waals surface area (Å²) in [6.45, 7) is 3.87. The van der Waals surface area contributed by atoms with Crippen LogP contribution in [0, 0.1) is 0 Å². The zero-order chi connectivity index (χ0) is 17.7. The fraction of sp³-hybridized carbons (Fsp3) is 0.235. The van der Waals surface area contributed by atoms with E-state index in [9.17, 15) is 13.2 Å². The van der Waals surface area contributed by atoms with E-state index in [4.69, 9.17) is 4.74 Å². The quantitative estimate of drug-likeness (QED) is 0.871. The number of nitrogens with one attached hydrogen (secondary N) is 1. The molecule has 0 radical (unpaired) electrons. The summed E-state index contributed by atoms with van der Waals surface area (Å²) in [4.78, 5) is 12.9. The number of rotatable bonds is 6. The topological polar surface area (TPSA) is 75.7 Å². The number of carbonyl (C=O) groups excluding carboxylic acids is 1. The van der Waals surface area contributed by atoms with E-state index >= 15 is 0 Å². The number of sulfonamides is 1. The van der Waals surface area contributed by atoms with Gasteiger partial charge in [0.05, 0.1) is 11.5 Å². The van der Waals surface area contributed by atoms with Crippen LogP contribution >= 0.6 is 0 Å². The molecular formula is C17H20N2O4S. The smallest absolute Gasteiger partial charge is 0.261 e. The molecule has 7 heteroatoms. The van der Waals surface area contributed by atoms with Gasteiger partial charge in [0.2, 0.25) is 5.91 Å². The van der Waals surface area contributed by atoms with Gasteiger partial charge in [0.25, 0.3) is 10.0 Å². The van der Waals surface area contributed by atoms with Crippen LogP contribution in [0.5, 0.6) is 5.75 Å². The highest BCUT2D eigenvalue weighted by atomic mass is 32.2. The van der Waals surface area contributed by atoms with Gasteiger partial charge in [-0.15, -0.1) is 0 Å². The largest absolute Gasteiger partial charge is 0.494 e. The fourth-order valence-electron chi connectivity index (χ4n) is 2.03. The van der Waals surface area contributed by atoms with E-state index in [-0.39, 0.29) is 10.8 Å². The first-order valence-corrected chi connectivity index (χ1v) is 8.92. The Morgan fingerprint density at radius 3 is 2.17 bits per heavy atom. The van der Waals surface area contributed by atoms with Crippen molar-refractivity contribution >= 4 is 27.3 Å². The van der Waals surface area contributed by atoms with Crippen molar-refractivity contribution < 1.29 is 17.9 Å². The SMILES string of the molecule is CCOc1ccc(NS(=O)(=O)c2ccc(N(C)C(C)=O)cc2)cc1. The van der Waals surface area contributed by atoms with Crippen LogP contribution in [-0.2, 0) is 14.8 Å². The molecule has 0 unspecified atom stereocenters. The Kier molecular flexibility index (Phi) is 5.46. The summed E-state index contributed by atoms with van der Waals surface area (Å²) in [7, 11) is -2.07. The second-order valence-electron chi connectivity index (χ2n) is 5.13. The lowest BCUT2D eigenvalue weighted by Crippen LogP contribution is -2.22. The molecule has 1 N–H and O–H groups in total. The molecule has 1 amide bonds. The molecule has 0 aliphatic rings. The molecule has 0 heterocycles. The molecule has 0 spiro atoms. The number of anilines is 2. The van der Waals surface area contributed by atoms with Crippen LogP contribution < -0.4 is 14.4 Å². The fourth-order valence-corrected chi connectivity index (χ4v) is 3.09. The zero-order valence-electron chi connectivity index (χ0n) is 13.8. The third-order valence-electron chi connectivity index (χ3n) is 3.42. The number of amides is 1. The van der Waals surface area contributed by atoms with Crippen LogP contribution in [0.2, 0.25) is 0 Å². The first-order valence-electron chi connectivity index (χ1n) is 7.43. The van der Waals surface area contributed by atoms with Crippen LogP contribution in [0.4, 0.5) is 11.4 Å². The number of ether oxygens (including phenoxy) is 1. The molecule has 24 heavy (non-hydrogen) atoms. The Balaban J connectivity index is 2.16. The van der Waals surface area contributed by atoms with Crippen molar-refractivity contribution in [3.8, 4) is 5.75 Å². The van der Waals surface area contributed by atoms with Crippen LogP contribution in [0.3, 0.4) is 0 Å². The minimum absolute atomic E-state index is 0.122. The molecule has 6 nitrogen and oxygen atoms in total. The molecule has 0 aliphatic heterocycles. The predicted octanol–water partition coefficient (Wildman–Crippen LogP) is 2.87. The number of hydrogen-bond donors (Lipinski definition) is 1. The standard InChI is InChI=1S/C17H20N2O4S/c1-4-23-16-9-5-14(6-10-16)18-24(21,22)17-11-7-15(8-12-17)19(3)13(2)20/h5-12,18H,4H2,1-3H3. The van der Waals surface area contributed by atoms with Crippen LogP contribution in [0.15, 0.2) is 53.4 Å². The number of nitrogens with zero attached hydrogens (tertiary/aromatic N) is 1. The molecule has 0 saturated heterocycles. The Bertz CT molecular complexity index is 799. The number of carbonyl (C=O) groups is 1. The molecule has 0 bridgehead atoms. The Morgan fingerprint density at radius 1 is 1.08 bits per heavy atom. The van der Waals surface area contributed by atoms with Crippen LogP contribution in [-0.4, -0.2) is 28.0 Å². The van der Waals surface area contributed by atoms with Gasteiger partial charge in [-0.25, -0.2) is 8.42 Å². The summed E-state index contributed by atoms with van der Waals surface area (Å²) >= 11 is 0. The van der Waals surface area contributed by atoms with Crippen molar-refractivity contribution in [1.82, 2.24) is 0 Å². The third kappa shape index (κ3) is 4.26. The second-order valence-corrected chi connectivity index (χ2v) is 6.82. The van der Waals surface area contributed by atoms with Gasteiger partial charge in [0.15, 0.2) is 0 Å². The highest BCUT2D eigenvalue weighted by molar-refractivity contribution is 7.92. The van der Waals surface area contributed by atoms with E-state index in [2.05, 4.69) is 4.72 Å². The van der Waals surface area contributed by atoms with Gasteiger partial charge in [-0.3, -0.25) is 9.52 Å². The molecule has 2 rings (SSSR count). The molecule has 0 saturated carbocycles. The third-order valence-corrected chi connectivity index (χ3v) is 4.82. The van der Waals surface area contributed by atoms with Crippen molar-refractivity contribution in [2.45, 2.75) is 18.7 Å². The first-order chi connectivity index (χ1) is 11.3. The Hall–Kier alpha value is -2.54. The summed E-state index contributed by atoms with van der Waals surface area (Å²) in [5, 5.41) is 0. The molecule has 0 fully saturated rings. The van der Waals surface area contributed by atoms with Crippen molar-refractivity contribution in [2.75, 3.05) is 23.3 Å². The van der Waals surface area contributed by atoms with Crippen molar-refractivity contribution in [1.29, 1.82) is 0 Å². The maximum atomic E-state index is 12.4. The van der Waals surface area contributed by atoms with Gasteiger partial charge in [-0.2, -0.15) is 0 Å². The van der Waals surface area contributed by atoms with E-state index in [1.54, 1.807) is 43.4 Å². The minimum Gasteiger partial charge on any atom is -0.494 e. The lowest BCUT2D eigenvalue weighted by molar-refractivity contribution is -0.116. The predicted molar refractivity (Wildman–Crippen MR) is 93.9 cm³/mol. The monoisotopic (exact) mass is 348 g/mol. The average molecular weight is 348 g/mol. The molecule has 0 atom stereocenters. The van der Waals surface area contributed by atoms with Gasteiger partial charge in [-0.1, -0.05) is 0 Å². The van der Waals surface area contributed by atoms with E-state index < -0.39 is 10.0 Å². The van der Waals surface area contributed by atoms with Gasteiger partial charge in [0.1, 0.15) is 5.75 Å². The van der Waals surface area contributed by atoms with E-state index in [1.165, 1.54) is 24.0 Å². The Morgan fingerprint density at radius 2 is 1.67 bits per heavy atom. The number of benzene rings is 2. The van der Waals surface area contributed by atoms with Gasteiger partial charge in [-0.05, 0) is 55.5 Å². The van der Waals surface area contributed by atoms with E-state index in [1.807, 2.05) is 6.92 Å². The minimum atomic E-state index is -3.70. The van der Waals surface area contributed by atoms with Gasteiger partial charge in [0, 0.05) is 25.3 Å². The summed E-state index contributed by atoms with van der Waals surface area (Å²) in [6.07, 6.45) is 0. The van der Waals surface area contributed by atoms with Gasteiger partial charge < -0.3 is 9.64 Å². The molecule has 0 aromatic heterocycles. The summed E-state index contributed by atoms with van der Waals surface area (Å²) in [6, 6.07) is 12.8. The maximum absolute atomic E-state index is 12.4. The molecule has 2 aromatic rings. The van der Waals surface area contributed by atoms with Crippen LogP contribution in [0.25, 0.3) is 0 Å². The summed E-state index contributed by atoms with van der Waals surface area (Å²) < 4.78 is 32.6. The van der Waals surface area contributed by atoms with Crippen LogP contribution in [0.1, 0.15) is 13.8 Å². The summed E-state index contributed by atoms with van der Waals surface area (Å²) in [5.74, 6) is 0.551. The molecule has 128 valence electrons. The second kappa shape index (κ2) is 7.35. The zero-order valence-corrected chi connectivity index (χ0v) is 14.6. The van der Waals surface area contributed by atoms with Crippen molar-refractivity contribution in [3.05, 3.63) is 48.5 Å². The molecule has 0 aliphatic carbocycles. The molecule has 2 aromatic carbocycles. The highest BCUT2D eigenvalue weighted by Gasteiger charge is 2.15. The Labute approximate surface area is 142 Å². The van der Waals surface area contributed by atoms with Crippen molar-refractivity contribution in [2.24, 2.45) is 0 Å². The van der Waals surface area contributed by atoms with Crippen molar-refractivity contribution in [3.63, 3.8) is 0 Å². The van der Waals surface area contributed by atoms with E-state index in [0.717, 1.165) is 0 Å². The lowest BCUT2D eigenvalue weighted by Gasteiger charge is -2.15. The maximum Gasteiger partial charge on any atom is 0.261 e. The summed E-state index contributed by atoms with van der Waals surface area (Å²) in [5.41, 5.74) is 1.07. The average Bonchev–Trinajstić information content (AvgIpc) is 2.56. The lowest BCUT2D eigenvalue weighted by atomic mass is 10.3. The van der Waals surface area contributed by atoms with E-state index in [0.29, 0.717) is 23.7 Å². The van der Waals surface area contributed by atoms with Gasteiger partial charge >= 0.3 is 0 Å². The first kappa shape index (κ1) is 17.8. The normalized spacial score (nSPS) is 11.0. The molecular weight excluding hydrogens is 328 g/mol.